The van der Waals surface area contributed by atoms with Crippen molar-refractivity contribution in [2.24, 2.45) is 0 Å². The quantitative estimate of drug-likeness (QED) is 0.243. The third kappa shape index (κ3) is 6.51. The summed E-state index contributed by atoms with van der Waals surface area (Å²) in [6.07, 6.45) is 17.3. The third-order valence-corrected chi connectivity index (χ3v) is 6.89. The van der Waals surface area contributed by atoms with E-state index in [0.717, 1.165) is 15.4 Å². The molecule has 2 aliphatic carbocycles. The number of hydrogen-bond acceptors (Lipinski definition) is 0. The molecule has 1 fully saturated rings. The van der Waals surface area contributed by atoms with E-state index in [9.17, 15) is 0 Å². The molecular formula is C24H22Br2Zr. The van der Waals surface area contributed by atoms with E-state index in [-0.39, 0.29) is 0 Å². The zero-order chi connectivity index (χ0) is 19.1. The Bertz CT molecular complexity index is 904. The molecule has 0 radical (unpaired) electrons. The summed E-state index contributed by atoms with van der Waals surface area (Å²) in [5.41, 5.74) is 0. The van der Waals surface area contributed by atoms with Crippen molar-refractivity contribution in [1.29, 1.82) is 0 Å². The second-order valence-electron chi connectivity index (χ2n) is 6.77. The van der Waals surface area contributed by atoms with Crippen LogP contribution in [0.15, 0.2) is 69.6 Å². The van der Waals surface area contributed by atoms with Crippen molar-refractivity contribution in [3.8, 4) is 0 Å². The second kappa shape index (κ2) is 10.9. The molecule has 0 aromatic heterocycles. The molecule has 0 saturated heterocycles. The van der Waals surface area contributed by atoms with E-state index < -0.39 is 0 Å². The summed E-state index contributed by atoms with van der Waals surface area (Å²) >= 11 is 8.71. The summed E-state index contributed by atoms with van der Waals surface area (Å²) < 4.78 is 4.06. The number of allylic oxidation sites excluding steroid dienone is 4. The van der Waals surface area contributed by atoms with Gasteiger partial charge >= 0.3 is 59.5 Å². The molecule has 0 spiro atoms. The van der Waals surface area contributed by atoms with Gasteiger partial charge < -0.3 is 0 Å². The number of halogens is 2. The zero-order valence-electron chi connectivity index (χ0n) is 15.3. The van der Waals surface area contributed by atoms with Crippen LogP contribution >= 0.6 is 31.9 Å². The Morgan fingerprint density at radius 3 is 1.81 bits per heavy atom. The van der Waals surface area contributed by atoms with Gasteiger partial charge in [-0.1, -0.05) is 56.1 Å². The minimum absolute atomic E-state index is 1.01. The van der Waals surface area contributed by atoms with Gasteiger partial charge in [0.2, 0.25) is 0 Å². The van der Waals surface area contributed by atoms with Gasteiger partial charge in [-0.25, -0.2) is 12.2 Å². The summed E-state index contributed by atoms with van der Waals surface area (Å²) in [7, 11) is 0. The molecule has 27 heavy (non-hydrogen) atoms. The van der Waals surface area contributed by atoms with Gasteiger partial charge in [0.15, 0.2) is 0 Å². The van der Waals surface area contributed by atoms with E-state index in [0.29, 0.717) is 0 Å². The first-order chi connectivity index (χ1) is 13.1. The fraction of sp³-hybridized carbons (Fsp3) is 0.250. The van der Waals surface area contributed by atoms with Crippen LogP contribution in [0, 0.1) is 6.08 Å². The zero-order valence-corrected chi connectivity index (χ0v) is 20.9. The first-order valence-electron chi connectivity index (χ1n) is 9.36. The van der Waals surface area contributed by atoms with Gasteiger partial charge in [0.1, 0.15) is 0 Å². The first-order valence-corrected chi connectivity index (χ1v) is 12.2. The monoisotopic (exact) mass is 558 g/mol. The molecule has 0 nitrogen and oxygen atoms in total. The van der Waals surface area contributed by atoms with Crippen LogP contribution in [0.2, 0.25) is 0 Å². The average molecular weight is 561 g/mol. The molecule has 0 atom stereocenters. The molecule has 2 aliphatic rings. The Morgan fingerprint density at radius 2 is 1.44 bits per heavy atom. The maximum absolute atomic E-state index is 3.51. The fourth-order valence-electron chi connectivity index (χ4n) is 3.26. The Balaban J connectivity index is 0.000000145. The molecule has 136 valence electrons. The van der Waals surface area contributed by atoms with Crippen LogP contribution in [0.4, 0.5) is 0 Å². The van der Waals surface area contributed by atoms with Crippen molar-refractivity contribution in [1.82, 2.24) is 0 Å². The molecule has 0 aliphatic heterocycles. The summed E-state index contributed by atoms with van der Waals surface area (Å²) in [5, 5.41) is 5.21. The van der Waals surface area contributed by atoms with Gasteiger partial charge in [0, 0.05) is 8.95 Å². The summed E-state index contributed by atoms with van der Waals surface area (Å²) in [4.78, 5) is 0. The molecule has 0 bridgehead atoms. The van der Waals surface area contributed by atoms with Crippen LogP contribution in [-0.2, 0) is 24.2 Å². The van der Waals surface area contributed by atoms with Crippen molar-refractivity contribution in [3.63, 3.8) is 0 Å². The van der Waals surface area contributed by atoms with Crippen LogP contribution in [0.5, 0.6) is 0 Å². The number of fused-ring (bicyclic) bond motifs is 3. The van der Waals surface area contributed by atoms with E-state index in [1.165, 1.54) is 53.6 Å². The molecule has 3 aromatic rings. The van der Waals surface area contributed by atoms with Crippen molar-refractivity contribution >= 4 is 56.6 Å². The van der Waals surface area contributed by atoms with Gasteiger partial charge in [0.25, 0.3) is 0 Å². The van der Waals surface area contributed by atoms with Gasteiger partial charge in [-0.2, -0.15) is 6.08 Å². The van der Waals surface area contributed by atoms with Gasteiger partial charge in [-0.15, -0.1) is 46.2 Å². The summed E-state index contributed by atoms with van der Waals surface area (Å²) in [5.74, 6) is 0. The SMILES string of the molecule is Brc1ccc2[cH-]c3ccc(Br)cc3c2c1.[C-]1=CC=CC1.[Zr+2]=[C]1CCCCC1. The maximum atomic E-state index is 3.51. The van der Waals surface area contributed by atoms with E-state index in [4.69, 9.17) is 0 Å². The predicted molar refractivity (Wildman–Crippen MR) is 122 cm³/mol. The van der Waals surface area contributed by atoms with Crippen LogP contribution in [0.1, 0.15) is 38.5 Å². The number of hydrogen-bond donors (Lipinski definition) is 0. The Kier molecular flexibility index (Phi) is 8.56. The molecule has 0 heterocycles. The molecule has 1 saturated carbocycles. The molecule has 3 aromatic carbocycles. The van der Waals surface area contributed by atoms with Crippen LogP contribution in [0.25, 0.3) is 21.5 Å². The van der Waals surface area contributed by atoms with Crippen LogP contribution in [0.3, 0.4) is 0 Å². The molecule has 0 N–H and O–H groups in total. The predicted octanol–water partition coefficient (Wildman–Crippen LogP) is 8.21. The van der Waals surface area contributed by atoms with Crippen molar-refractivity contribution in [2.45, 2.75) is 38.5 Å². The minimum atomic E-state index is 1.01. The molecule has 0 unspecified atom stereocenters. The van der Waals surface area contributed by atoms with Crippen LogP contribution < -0.4 is 0 Å². The second-order valence-corrected chi connectivity index (χ2v) is 10.3. The van der Waals surface area contributed by atoms with Crippen molar-refractivity contribution in [2.75, 3.05) is 0 Å². The van der Waals surface area contributed by atoms with Crippen molar-refractivity contribution < 1.29 is 24.2 Å². The Hall–Kier alpha value is -0.497. The summed E-state index contributed by atoms with van der Waals surface area (Å²) in [6, 6.07) is 15.0. The van der Waals surface area contributed by atoms with Crippen molar-refractivity contribution in [3.05, 3.63) is 75.7 Å². The molecule has 3 heteroatoms. The number of rotatable bonds is 0. The first kappa shape index (κ1) is 21.2. The third-order valence-electron chi connectivity index (χ3n) is 4.67. The van der Waals surface area contributed by atoms with Crippen LogP contribution in [-0.4, -0.2) is 3.21 Å². The van der Waals surface area contributed by atoms with E-state index in [1.54, 1.807) is 27.4 Å². The van der Waals surface area contributed by atoms with Gasteiger partial charge in [0.05, 0.1) is 0 Å². The standard InChI is InChI=1S/C13H7Br2.C6H10.C5H5.Zr/c14-10-3-1-8-5-9-2-4-11(15)7-13(9)12(8)6-10;1-2-4-6-5-3-1;1-2-4-5-3-1;/h1-7H;1-5H2;1-3H,4H2;/q-1;;-1;+2. The number of benzene rings is 2. The Morgan fingerprint density at radius 1 is 0.852 bits per heavy atom. The topological polar surface area (TPSA) is 0 Å². The van der Waals surface area contributed by atoms with Gasteiger partial charge in [-0.05, 0) is 0 Å². The van der Waals surface area contributed by atoms with E-state index in [2.05, 4.69) is 86.5 Å². The van der Waals surface area contributed by atoms with E-state index in [1.807, 2.05) is 12.2 Å². The normalized spacial score (nSPS) is 15.5. The fourth-order valence-corrected chi connectivity index (χ4v) is 4.85. The van der Waals surface area contributed by atoms with E-state index >= 15 is 0 Å². The molecular weight excluding hydrogens is 539 g/mol. The molecule has 0 amide bonds. The summed E-state index contributed by atoms with van der Waals surface area (Å²) in [6.45, 7) is 0. The Labute approximate surface area is 193 Å². The molecule has 5 rings (SSSR count). The average Bonchev–Trinajstić information content (AvgIpc) is 3.35. The van der Waals surface area contributed by atoms with Gasteiger partial charge in [-0.3, -0.25) is 6.08 Å².